The van der Waals surface area contributed by atoms with Gasteiger partial charge in [0, 0.05) is 24.4 Å². The lowest BCUT2D eigenvalue weighted by atomic mass is 10.1. The minimum Gasteiger partial charge on any atom is -0.441 e. The second-order valence-electron chi connectivity index (χ2n) is 8.55. The first-order chi connectivity index (χ1) is 16.2. The number of hydrogen-bond donors (Lipinski definition) is 3. The molecular formula is C20H22N2O11P2. The Kier molecular flexibility index (Phi) is 6.40. The van der Waals surface area contributed by atoms with Crippen LogP contribution in [-0.2, 0) is 29.3 Å². The fourth-order valence-electron chi connectivity index (χ4n) is 3.46. The molecule has 1 aromatic carbocycles. The molecule has 2 atom stereocenters. The number of ether oxygens (including phenoxy) is 2. The van der Waals surface area contributed by atoms with Gasteiger partial charge in [0.1, 0.15) is 11.4 Å². The van der Waals surface area contributed by atoms with Gasteiger partial charge in [-0.15, -0.1) is 0 Å². The number of carbonyl (C=O) groups excluding carboxylic acids is 2. The third-order valence-corrected chi connectivity index (χ3v) is 9.84. The second-order valence-corrected chi connectivity index (χ2v) is 12.9. The van der Waals surface area contributed by atoms with Crippen LogP contribution < -0.4 is 4.74 Å². The van der Waals surface area contributed by atoms with Gasteiger partial charge in [0.25, 0.3) is 5.08 Å². The molecule has 2 fully saturated rings. The number of nitrogens with zero attached hydrogens (tertiary/aromatic N) is 2. The predicted molar refractivity (Wildman–Crippen MR) is 117 cm³/mol. The Balaban J connectivity index is 1.49. The van der Waals surface area contributed by atoms with E-state index in [1.807, 2.05) is 0 Å². The number of benzene rings is 1. The molecule has 0 radical (unpaired) electrons. The predicted octanol–water partition coefficient (Wildman–Crippen LogP) is 3.12. The summed E-state index contributed by atoms with van der Waals surface area (Å²) in [5.41, 5.74) is -0.621. The number of rotatable bonds is 4. The van der Waals surface area contributed by atoms with Crippen LogP contribution in [0.5, 0.6) is 5.75 Å². The summed E-state index contributed by atoms with van der Waals surface area (Å²) >= 11 is 0. The van der Waals surface area contributed by atoms with Crippen LogP contribution in [0.4, 0.5) is 9.59 Å². The molecule has 13 nitrogen and oxygen atoms in total. The molecule has 4 rings (SSSR count). The maximum atomic E-state index is 12.9. The summed E-state index contributed by atoms with van der Waals surface area (Å²) in [5.74, 6) is -0.000453. The van der Waals surface area contributed by atoms with Crippen molar-refractivity contribution >= 4 is 27.4 Å². The topological polar surface area (TPSA) is 182 Å². The summed E-state index contributed by atoms with van der Waals surface area (Å²) in [4.78, 5) is 49.5. The van der Waals surface area contributed by atoms with Crippen molar-refractivity contribution < 1.29 is 52.1 Å². The number of amides is 2. The summed E-state index contributed by atoms with van der Waals surface area (Å²) in [6.45, 7) is 3.26. The van der Waals surface area contributed by atoms with Crippen LogP contribution in [0.15, 0.2) is 48.8 Å². The van der Waals surface area contributed by atoms with E-state index in [4.69, 9.17) is 18.5 Å². The highest BCUT2D eigenvalue weighted by molar-refractivity contribution is 7.73. The highest BCUT2D eigenvalue weighted by Crippen LogP contribution is 2.79. The molecule has 188 valence electrons. The van der Waals surface area contributed by atoms with Gasteiger partial charge in [-0.2, -0.15) is 0 Å². The monoisotopic (exact) mass is 528 g/mol. The Bertz CT molecular complexity index is 1210. The first-order valence-electron chi connectivity index (χ1n) is 10.2. The lowest BCUT2D eigenvalue weighted by Crippen LogP contribution is -2.37. The molecule has 0 aliphatic carbocycles. The smallest absolute Gasteiger partial charge is 0.424 e. The molecule has 2 aliphatic heterocycles. The minimum absolute atomic E-state index is 0.000453. The third-order valence-electron chi connectivity index (χ3n) is 5.25. The summed E-state index contributed by atoms with van der Waals surface area (Å²) < 4.78 is 46.0. The third kappa shape index (κ3) is 4.89. The van der Waals surface area contributed by atoms with Crippen LogP contribution >= 0.6 is 15.2 Å². The van der Waals surface area contributed by atoms with Gasteiger partial charge in [-0.25, -0.2) is 14.5 Å². The van der Waals surface area contributed by atoms with E-state index >= 15 is 0 Å². The van der Waals surface area contributed by atoms with E-state index in [0.717, 1.165) is 4.90 Å². The largest absolute Gasteiger partial charge is 0.441 e. The summed E-state index contributed by atoms with van der Waals surface area (Å²) in [6, 6.07) is 7.95. The number of cyclic esters (lactones) is 1. The number of carbonyl (C=O) groups is 2. The molecule has 15 heteroatoms. The molecule has 2 aliphatic rings. The number of aromatic nitrogens is 1. The van der Waals surface area contributed by atoms with Crippen LogP contribution in [0.3, 0.4) is 0 Å². The zero-order valence-corrected chi connectivity index (χ0v) is 20.3. The first kappa shape index (κ1) is 25.5. The molecule has 3 N–H and O–H groups in total. The zero-order valence-electron chi connectivity index (χ0n) is 18.5. The molecule has 0 saturated carbocycles. The Morgan fingerprint density at radius 1 is 1.17 bits per heavy atom. The SMILES string of the molecule is CC1(C)CN(C(=O)Oc2ccc(C3OP(=O)(O)C(O)(Cc4cccnc4)P(=O)(O)O3)cc2)C(=O)O1. The van der Waals surface area contributed by atoms with E-state index < -0.39 is 50.8 Å². The van der Waals surface area contributed by atoms with Gasteiger partial charge in [-0.05, 0) is 37.6 Å². The quantitative estimate of drug-likeness (QED) is 0.494. The molecule has 2 unspecified atom stereocenters. The highest BCUT2D eigenvalue weighted by Gasteiger charge is 2.67. The summed E-state index contributed by atoms with van der Waals surface area (Å²) in [5, 5.41) is 7.63. The van der Waals surface area contributed by atoms with Gasteiger partial charge in [-0.1, -0.05) is 18.2 Å². The molecular weight excluding hydrogens is 506 g/mol. The van der Waals surface area contributed by atoms with Gasteiger partial charge in [0.15, 0.2) is 0 Å². The molecule has 1 aromatic heterocycles. The fraction of sp³-hybridized carbons (Fsp3) is 0.350. The van der Waals surface area contributed by atoms with Gasteiger partial charge in [0.2, 0.25) is 6.29 Å². The lowest BCUT2D eigenvalue weighted by molar-refractivity contribution is -0.0579. The first-order valence-corrected chi connectivity index (χ1v) is 13.3. The number of imide groups is 1. The van der Waals surface area contributed by atoms with E-state index in [0.29, 0.717) is 0 Å². The molecule has 3 heterocycles. The lowest BCUT2D eigenvalue weighted by Gasteiger charge is -2.41. The van der Waals surface area contributed by atoms with E-state index in [1.165, 1.54) is 48.8 Å². The van der Waals surface area contributed by atoms with Crippen molar-refractivity contribution in [2.75, 3.05) is 6.54 Å². The van der Waals surface area contributed by atoms with Crippen LogP contribution in [-0.4, -0.2) is 54.2 Å². The van der Waals surface area contributed by atoms with Crippen LogP contribution in [0.2, 0.25) is 0 Å². The fourth-order valence-corrected chi connectivity index (χ4v) is 7.04. The normalized spacial score (nSPS) is 32.2. The Morgan fingerprint density at radius 3 is 2.31 bits per heavy atom. The molecule has 0 bridgehead atoms. The van der Waals surface area contributed by atoms with Crippen molar-refractivity contribution in [3.63, 3.8) is 0 Å². The number of pyridine rings is 1. The Labute approximate surface area is 199 Å². The average Bonchev–Trinajstić information content (AvgIpc) is 3.05. The Morgan fingerprint density at radius 2 is 1.80 bits per heavy atom. The molecule has 35 heavy (non-hydrogen) atoms. The molecule has 0 spiro atoms. The van der Waals surface area contributed by atoms with Crippen LogP contribution in [0.1, 0.15) is 31.3 Å². The van der Waals surface area contributed by atoms with E-state index in [9.17, 15) is 33.6 Å². The van der Waals surface area contributed by atoms with E-state index in [1.54, 1.807) is 13.8 Å². The van der Waals surface area contributed by atoms with Gasteiger partial charge in [-0.3, -0.25) is 23.2 Å². The maximum absolute atomic E-state index is 12.9. The van der Waals surface area contributed by atoms with E-state index in [2.05, 4.69) is 4.98 Å². The van der Waals surface area contributed by atoms with Gasteiger partial charge >= 0.3 is 27.4 Å². The second kappa shape index (κ2) is 8.79. The maximum Gasteiger partial charge on any atom is 0.424 e. The van der Waals surface area contributed by atoms with Gasteiger partial charge in [0.05, 0.1) is 6.54 Å². The molecule has 2 aromatic rings. The standard InChI is InChI=1S/C20H22N2O11P2/c1-19(2)12-22(18(24)31-19)17(23)30-15-7-5-14(6-8-15)16-32-34(26,27)20(25,35(28,29)33-16)10-13-4-3-9-21-11-13/h3-9,11,16,25H,10,12H2,1-2H3,(H,26,27)(H,28,29). The van der Waals surface area contributed by atoms with Crippen LogP contribution in [0.25, 0.3) is 0 Å². The minimum atomic E-state index is -5.14. The van der Waals surface area contributed by atoms with Crippen LogP contribution in [0, 0.1) is 0 Å². The van der Waals surface area contributed by atoms with Crippen molar-refractivity contribution in [3.8, 4) is 5.75 Å². The van der Waals surface area contributed by atoms with Crippen molar-refractivity contribution in [2.24, 2.45) is 0 Å². The van der Waals surface area contributed by atoms with Gasteiger partial charge < -0.3 is 24.4 Å². The van der Waals surface area contributed by atoms with Crippen molar-refractivity contribution in [3.05, 3.63) is 59.9 Å². The van der Waals surface area contributed by atoms with Crippen molar-refractivity contribution in [1.82, 2.24) is 9.88 Å². The molecule has 2 amide bonds. The van der Waals surface area contributed by atoms with Crippen molar-refractivity contribution in [2.45, 2.75) is 37.2 Å². The number of aliphatic hydroxyl groups is 1. The summed E-state index contributed by atoms with van der Waals surface area (Å²) in [7, 11) is -10.3. The van der Waals surface area contributed by atoms with Crippen molar-refractivity contribution in [1.29, 1.82) is 0 Å². The zero-order chi connectivity index (χ0) is 25.6. The summed E-state index contributed by atoms with van der Waals surface area (Å²) in [6.07, 6.45) is -1.65. The Hall–Kier alpha value is -2.63. The molecule has 2 saturated heterocycles. The highest BCUT2D eigenvalue weighted by atomic mass is 31.2. The van der Waals surface area contributed by atoms with E-state index in [-0.39, 0.29) is 23.4 Å². The number of hydrogen-bond acceptors (Lipinski definition) is 10. The average molecular weight is 528 g/mol.